The number of sulfonamides is 1. The lowest BCUT2D eigenvalue weighted by atomic mass is 10.1. The lowest BCUT2D eigenvalue weighted by Gasteiger charge is -2.07. The zero-order chi connectivity index (χ0) is 18.4. The number of rotatable bonds is 7. The van der Waals surface area contributed by atoms with Crippen LogP contribution in [0.5, 0.6) is 0 Å². The van der Waals surface area contributed by atoms with Gasteiger partial charge in [0, 0.05) is 0 Å². The largest absolute Gasteiger partial charge is 0.457 e. The average Bonchev–Trinajstić information content (AvgIpc) is 2.57. The molecule has 0 aliphatic heterocycles. The Bertz CT molecular complexity index is 879. The molecule has 0 radical (unpaired) electrons. The van der Waals surface area contributed by atoms with Crippen molar-refractivity contribution in [3.8, 4) is 0 Å². The number of esters is 1. The molecule has 0 aliphatic rings. The van der Waals surface area contributed by atoms with Crippen LogP contribution in [0, 0.1) is 10.1 Å². The van der Waals surface area contributed by atoms with Gasteiger partial charge in [-0.1, -0.05) is 24.3 Å². The predicted octanol–water partition coefficient (Wildman–Crippen LogP) is 1.40. The van der Waals surface area contributed by atoms with Crippen molar-refractivity contribution in [3.63, 3.8) is 0 Å². The molecule has 0 fully saturated rings. The second-order valence-electron chi connectivity index (χ2n) is 4.96. The molecule has 10 heteroatoms. The number of hydrogen-bond donors (Lipinski definition) is 1. The van der Waals surface area contributed by atoms with E-state index < -0.39 is 21.1 Å². The molecule has 0 saturated heterocycles. The van der Waals surface area contributed by atoms with Gasteiger partial charge < -0.3 is 9.57 Å². The zero-order valence-electron chi connectivity index (χ0n) is 12.8. The van der Waals surface area contributed by atoms with Crippen molar-refractivity contribution in [2.75, 3.05) is 0 Å². The highest BCUT2D eigenvalue weighted by Crippen LogP contribution is 2.12. The van der Waals surface area contributed by atoms with Gasteiger partial charge in [0.25, 0.3) is 5.09 Å². The fourth-order valence-electron chi connectivity index (χ4n) is 1.92. The van der Waals surface area contributed by atoms with E-state index in [9.17, 15) is 23.3 Å². The monoisotopic (exact) mass is 366 g/mol. The number of hydrogen-bond acceptors (Lipinski definition) is 7. The fraction of sp³-hybridized carbons (Fsp3) is 0.133. The quantitative estimate of drug-likeness (QED) is 0.444. The maximum absolute atomic E-state index is 12.0. The highest BCUT2D eigenvalue weighted by molar-refractivity contribution is 7.89. The van der Waals surface area contributed by atoms with E-state index in [1.807, 2.05) is 0 Å². The van der Waals surface area contributed by atoms with Crippen LogP contribution in [0.4, 0.5) is 0 Å². The molecule has 2 N–H and O–H groups in total. The SMILES string of the molecule is NS(=O)(=O)c1ccc(COC(=O)c2cccc(CO[N+](=O)[O-])c2)cc1. The molecular weight excluding hydrogens is 352 g/mol. The Labute approximate surface area is 143 Å². The Hall–Kier alpha value is -2.98. The third-order valence-corrected chi connectivity index (χ3v) is 4.05. The molecule has 0 atom stereocenters. The fourth-order valence-corrected chi connectivity index (χ4v) is 2.44. The van der Waals surface area contributed by atoms with Crippen LogP contribution >= 0.6 is 0 Å². The van der Waals surface area contributed by atoms with E-state index in [4.69, 9.17) is 9.88 Å². The molecule has 132 valence electrons. The maximum atomic E-state index is 12.0. The number of carbonyl (C=O) groups is 1. The molecule has 0 spiro atoms. The van der Waals surface area contributed by atoms with Crippen molar-refractivity contribution in [2.24, 2.45) is 5.14 Å². The third kappa shape index (κ3) is 5.55. The molecule has 0 heterocycles. The molecule has 0 unspecified atom stereocenters. The van der Waals surface area contributed by atoms with Gasteiger partial charge >= 0.3 is 5.97 Å². The first-order valence-electron chi connectivity index (χ1n) is 6.91. The Morgan fingerprint density at radius 2 is 1.76 bits per heavy atom. The highest BCUT2D eigenvalue weighted by Gasteiger charge is 2.10. The zero-order valence-corrected chi connectivity index (χ0v) is 13.6. The minimum Gasteiger partial charge on any atom is -0.457 e. The first kappa shape index (κ1) is 18.4. The summed E-state index contributed by atoms with van der Waals surface area (Å²) in [5.74, 6) is -0.626. The maximum Gasteiger partial charge on any atom is 0.338 e. The van der Waals surface area contributed by atoms with Gasteiger partial charge in [-0.25, -0.2) is 18.4 Å². The van der Waals surface area contributed by atoms with Crippen LogP contribution in [0.2, 0.25) is 0 Å². The first-order valence-corrected chi connectivity index (χ1v) is 8.45. The number of nitrogens with two attached hydrogens (primary N) is 1. The minimum absolute atomic E-state index is 0.0407. The van der Waals surface area contributed by atoms with E-state index >= 15 is 0 Å². The predicted molar refractivity (Wildman–Crippen MR) is 85.2 cm³/mol. The summed E-state index contributed by atoms with van der Waals surface area (Å²) < 4.78 is 27.5. The van der Waals surface area contributed by atoms with Crippen molar-refractivity contribution >= 4 is 16.0 Å². The van der Waals surface area contributed by atoms with Crippen molar-refractivity contribution in [2.45, 2.75) is 18.1 Å². The second-order valence-corrected chi connectivity index (χ2v) is 6.52. The third-order valence-electron chi connectivity index (χ3n) is 3.12. The average molecular weight is 366 g/mol. The van der Waals surface area contributed by atoms with Gasteiger partial charge in [0.15, 0.2) is 0 Å². The lowest BCUT2D eigenvalue weighted by molar-refractivity contribution is -0.763. The van der Waals surface area contributed by atoms with Crippen molar-refractivity contribution in [1.82, 2.24) is 0 Å². The van der Waals surface area contributed by atoms with Crippen LogP contribution in [0.1, 0.15) is 21.5 Å². The Balaban J connectivity index is 1.98. The van der Waals surface area contributed by atoms with E-state index in [0.717, 1.165) is 0 Å². The molecule has 0 bridgehead atoms. The van der Waals surface area contributed by atoms with Gasteiger partial charge in [-0.2, -0.15) is 0 Å². The molecule has 2 rings (SSSR count). The van der Waals surface area contributed by atoms with Gasteiger partial charge in [-0.3, -0.25) is 0 Å². The van der Waals surface area contributed by atoms with E-state index in [1.54, 1.807) is 12.1 Å². The molecule has 0 saturated carbocycles. The molecule has 25 heavy (non-hydrogen) atoms. The summed E-state index contributed by atoms with van der Waals surface area (Å²) in [6, 6.07) is 11.6. The van der Waals surface area contributed by atoms with E-state index in [0.29, 0.717) is 11.1 Å². The molecule has 0 aromatic heterocycles. The smallest absolute Gasteiger partial charge is 0.338 e. The van der Waals surface area contributed by atoms with Gasteiger partial charge in [0.05, 0.1) is 10.5 Å². The Morgan fingerprint density at radius 3 is 2.36 bits per heavy atom. The van der Waals surface area contributed by atoms with Gasteiger partial charge in [0.2, 0.25) is 10.0 Å². The second kappa shape index (κ2) is 7.73. The topological polar surface area (TPSA) is 139 Å². The number of ether oxygens (including phenoxy) is 1. The summed E-state index contributed by atoms with van der Waals surface area (Å²) in [5, 5.41) is 14.3. The van der Waals surface area contributed by atoms with Crippen LogP contribution in [-0.2, 0) is 32.8 Å². The molecule has 9 nitrogen and oxygen atoms in total. The number of carbonyl (C=O) groups excluding carboxylic acids is 1. The summed E-state index contributed by atoms with van der Waals surface area (Å²) in [4.78, 5) is 26.4. The van der Waals surface area contributed by atoms with Crippen LogP contribution in [-0.4, -0.2) is 19.5 Å². The first-order chi connectivity index (χ1) is 11.8. The van der Waals surface area contributed by atoms with Crippen molar-refractivity contribution < 1.29 is 27.9 Å². The molecular formula is C15H14N2O7S. The number of primary sulfonamides is 1. The van der Waals surface area contributed by atoms with Crippen LogP contribution in [0.15, 0.2) is 53.4 Å². The molecule has 0 amide bonds. The van der Waals surface area contributed by atoms with E-state index in [1.165, 1.54) is 36.4 Å². The number of nitrogens with zero attached hydrogens (tertiary/aromatic N) is 1. The van der Waals surface area contributed by atoms with Crippen molar-refractivity contribution in [1.29, 1.82) is 0 Å². The van der Waals surface area contributed by atoms with E-state index in [-0.39, 0.29) is 23.7 Å². The Morgan fingerprint density at radius 1 is 1.08 bits per heavy atom. The van der Waals surface area contributed by atoms with E-state index in [2.05, 4.69) is 4.84 Å². The van der Waals surface area contributed by atoms with Crippen LogP contribution in [0.3, 0.4) is 0 Å². The standard InChI is InChI=1S/C15H14N2O7S/c16-25(21,22)14-6-4-11(5-7-14)9-23-15(18)13-3-1-2-12(8-13)10-24-17(19)20/h1-8H,9-10H2,(H2,16,21,22). The van der Waals surface area contributed by atoms with Gasteiger partial charge in [-0.15, -0.1) is 10.1 Å². The van der Waals surface area contributed by atoms with Crippen LogP contribution in [0.25, 0.3) is 0 Å². The molecule has 2 aromatic carbocycles. The van der Waals surface area contributed by atoms with Crippen LogP contribution < -0.4 is 5.14 Å². The normalized spacial score (nSPS) is 10.9. The lowest BCUT2D eigenvalue weighted by Crippen LogP contribution is -2.12. The summed E-state index contributed by atoms with van der Waals surface area (Å²) in [6.45, 7) is -0.345. The van der Waals surface area contributed by atoms with Gasteiger partial charge in [-0.05, 0) is 35.4 Å². The summed E-state index contributed by atoms with van der Waals surface area (Å²) in [5.41, 5.74) is 1.24. The van der Waals surface area contributed by atoms with Crippen molar-refractivity contribution in [3.05, 3.63) is 75.3 Å². The summed E-state index contributed by atoms with van der Waals surface area (Å²) in [6.07, 6.45) is 0. The minimum atomic E-state index is -3.78. The summed E-state index contributed by atoms with van der Waals surface area (Å²) >= 11 is 0. The molecule has 2 aromatic rings. The van der Waals surface area contributed by atoms with Gasteiger partial charge in [0.1, 0.15) is 13.2 Å². The highest BCUT2D eigenvalue weighted by atomic mass is 32.2. The Kier molecular flexibility index (Phi) is 5.67. The summed E-state index contributed by atoms with van der Waals surface area (Å²) in [7, 11) is -3.78. The molecule has 0 aliphatic carbocycles. The number of benzene rings is 2.